The van der Waals surface area contributed by atoms with E-state index in [0.29, 0.717) is 6.54 Å². The lowest BCUT2D eigenvalue weighted by Gasteiger charge is -2.06. The number of benzene rings is 2. The van der Waals surface area contributed by atoms with Crippen LogP contribution in [0.2, 0.25) is 0 Å². The molecule has 0 aliphatic carbocycles. The van der Waals surface area contributed by atoms with Crippen molar-refractivity contribution in [1.29, 1.82) is 0 Å². The van der Waals surface area contributed by atoms with Gasteiger partial charge in [-0.05, 0) is 11.1 Å². The zero-order valence-corrected chi connectivity index (χ0v) is 13.2. The Kier molecular flexibility index (Phi) is 4.66. The molecule has 1 heterocycles. The lowest BCUT2D eigenvalue weighted by molar-refractivity contribution is 0.780. The second kappa shape index (κ2) is 7.05. The van der Waals surface area contributed by atoms with Crippen LogP contribution < -0.4 is 4.80 Å². The maximum Gasteiger partial charge on any atom is 0.185 e. The van der Waals surface area contributed by atoms with Crippen LogP contribution in [0, 0.1) is 0 Å². The molecule has 2 aromatic carbocycles. The maximum absolute atomic E-state index is 4.77. The van der Waals surface area contributed by atoms with Crippen LogP contribution in [-0.2, 0) is 13.1 Å². The first-order chi connectivity index (χ1) is 10.9. The Morgan fingerprint density at radius 2 is 1.68 bits per heavy atom. The average molecular weight is 306 g/mol. The van der Waals surface area contributed by atoms with Gasteiger partial charge in [0.05, 0.1) is 12.2 Å². The number of thiazole rings is 1. The highest BCUT2D eigenvalue weighted by molar-refractivity contribution is 7.07. The molecule has 3 rings (SSSR count). The van der Waals surface area contributed by atoms with Gasteiger partial charge in [0.1, 0.15) is 0 Å². The molecule has 0 atom stereocenters. The van der Waals surface area contributed by atoms with Crippen LogP contribution in [0.25, 0.3) is 11.3 Å². The molecule has 0 saturated heterocycles. The molecular formula is C19H18N2S. The first-order valence-corrected chi connectivity index (χ1v) is 8.15. The molecule has 0 bridgehead atoms. The van der Waals surface area contributed by atoms with Gasteiger partial charge in [-0.15, -0.1) is 17.9 Å². The average Bonchev–Trinajstić information content (AvgIpc) is 2.98. The van der Waals surface area contributed by atoms with Crippen molar-refractivity contribution in [3.8, 4) is 11.3 Å². The van der Waals surface area contributed by atoms with Crippen LogP contribution in [0.15, 0.2) is 83.7 Å². The Morgan fingerprint density at radius 1 is 1.00 bits per heavy atom. The SMILES string of the molecule is C=CCn1c(-c2ccccc2)csc1=NCc1ccccc1. The van der Waals surface area contributed by atoms with Gasteiger partial charge in [-0.2, -0.15) is 0 Å². The van der Waals surface area contributed by atoms with Gasteiger partial charge in [-0.3, -0.25) is 4.99 Å². The van der Waals surface area contributed by atoms with Gasteiger partial charge in [0.25, 0.3) is 0 Å². The molecule has 22 heavy (non-hydrogen) atoms. The van der Waals surface area contributed by atoms with E-state index < -0.39 is 0 Å². The Hall–Kier alpha value is -2.39. The molecule has 0 aliphatic rings. The molecule has 0 saturated carbocycles. The van der Waals surface area contributed by atoms with Crippen molar-refractivity contribution in [2.75, 3.05) is 0 Å². The van der Waals surface area contributed by atoms with Gasteiger partial charge in [-0.1, -0.05) is 66.7 Å². The fourth-order valence-electron chi connectivity index (χ4n) is 2.34. The number of hydrogen-bond donors (Lipinski definition) is 0. The number of nitrogens with zero attached hydrogens (tertiary/aromatic N) is 2. The van der Waals surface area contributed by atoms with Crippen molar-refractivity contribution < 1.29 is 0 Å². The van der Waals surface area contributed by atoms with Gasteiger partial charge < -0.3 is 4.57 Å². The van der Waals surface area contributed by atoms with Crippen molar-refractivity contribution >= 4 is 11.3 Å². The monoisotopic (exact) mass is 306 g/mol. The first kappa shape index (κ1) is 14.5. The van der Waals surface area contributed by atoms with Crippen LogP contribution >= 0.6 is 11.3 Å². The second-order valence-electron chi connectivity index (χ2n) is 4.97. The quantitative estimate of drug-likeness (QED) is 0.617. The van der Waals surface area contributed by atoms with Gasteiger partial charge in [0.2, 0.25) is 0 Å². The summed E-state index contributed by atoms with van der Waals surface area (Å²) in [7, 11) is 0. The molecule has 0 N–H and O–H groups in total. The normalized spacial score (nSPS) is 11.5. The minimum atomic E-state index is 0.701. The van der Waals surface area contributed by atoms with Crippen LogP contribution in [0.4, 0.5) is 0 Å². The Morgan fingerprint density at radius 3 is 2.36 bits per heavy atom. The van der Waals surface area contributed by atoms with E-state index in [-0.39, 0.29) is 0 Å². The lowest BCUT2D eigenvalue weighted by atomic mass is 10.2. The third-order valence-corrected chi connectivity index (χ3v) is 4.32. The molecule has 0 aliphatic heterocycles. The van der Waals surface area contributed by atoms with E-state index in [1.54, 1.807) is 11.3 Å². The van der Waals surface area contributed by atoms with Crippen molar-refractivity contribution in [3.63, 3.8) is 0 Å². The summed E-state index contributed by atoms with van der Waals surface area (Å²) in [6.45, 7) is 5.34. The first-order valence-electron chi connectivity index (χ1n) is 7.27. The zero-order chi connectivity index (χ0) is 15.2. The third kappa shape index (κ3) is 3.26. The predicted molar refractivity (Wildman–Crippen MR) is 93.7 cm³/mol. The second-order valence-corrected chi connectivity index (χ2v) is 5.81. The molecule has 1 aromatic heterocycles. The van der Waals surface area contributed by atoms with Crippen molar-refractivity contribution in [2.24, 2.45) is 4.99 Å². The maximum atomic E-state index is 4.77. The summed E-state index contributed by atoms with van der Waals surface area (Å²) in [6, 6.07) is 20.7. The molecule has 2 nitrogen and oxygen atoms in total. The topological polar surface area (TPSA) is 17.3 Å². The van der Waals surface area contributed by atoms with Gasteiger partial charge >= 0.3 is 0 Å². The van der Waals surface area contributed by atoms with Gasteiger partial charge in [-0.25, -0.2) is 0 Å². The summed E-state index contributed by atoms with van der Waals surface area (Å²) in [4.78, 5) is 5.81. The molecular weight excluding hydrogens is 288 g/mol. The highest BCUT2D eigenvalue weighted by Gasteiger charge is 2.06. The van der Waals surface area contributed by atoms with Crippen LogP contribution in [0.5, 0.6) is 0 Å². The fourth-order valence-corrected chi connectivity index (χ4v) is 3.26. The summed E-state index contributed by atoms with van der Waals surface area (Å²) in [5.74, 6) is 0. The van der Waals surface area contributed by atoms with E-state index in [4.69, 9.17) is 4.99 Å². The minimum Gasteiger partial charge on any atom is -0.313 e. The predicted octanol–water partition coefficient (Wildman–Crippen LogP) is 4.50. The molecule has 3 heteroatoms. The van der Waals surface area contributed by atoms with Crippen LogP contribution in [0.1, 0.15) is 5.56 Å². The molecule has 0 spiro atoms. The number of hydrogen-bond acceptors (Lipinski definition) is 2. The minimum absolute atomic E-state index is 0.701. The number of rotatable bonds is 5. The summed E-state index contributed by atoms with van der Waals surface area (Å²) >= 11 is 1.68. The summed E-state index contributed by atoms with van der Waals surface area (Å²) in [5, 5.41) is 2.17. The van der Waals surface area contributed by atoms with Gasteiger partial charge in [0, 0.05) is 11.9 Å². The molecule has 0 amide bonds. The van der Waals surface area contributed by atoms with Crippen LogP contribution in [-0.4, -0.2) is 4.57 Å². The lowest BCUT2D eigenvalue weighted by Crippen LogP contribution is -2.15. The Bertz CT molecular complexity index is 798. The largest absolute Gasteiger partial charge is 0.313 e. The van der Waals surface area contributed by atoms with E-state index in [2.05, 4.69) is 52.9 Å². The highest BCUT2D eigenvalue weighted by Crippen LogP contribution is 2.19. The molecule has 0 radical (unpaired) electrons. The van der Waals surface area contributed by atoms with E-state index in [1.165, 1.54) is 16.8 Å². The molecule has 0 fully saturated rings. The summed E-state index contributed by atoms with van der Waals surface area (Å²) < 4.78 is 2.22. The number of allylic oxidation sites excluding steroid dienone is 1. The van der Waals surface area contributed by atoms with Gasteiger partial charge in [0.15, 0.2) is 4.80 Å². The number of aromatic nitrogens is 1. The highest BCUT2D eigenvalue weighted by atomic mass is 32.1. The Balaban J connectivity index is 1.98. The van der Waals surface area contributed by atoms with Crippen molar-refractivity contribution in [1.82, 2.24) is 4.57 Å². The van der Waals surface area contributed by atoms with Crippen molar-refractivity contribution in [2.45, 2.75) is 13.1 Å². The smallest absolute Gasteiger partial charge is 0.185 e. The van der Waals surface area contributed by atoms with E-state index in [0.717, 1.165) is 11.3 Å². The fraction of sp³-hybridized carbons (Fsp3) is 0.105. The Labute approximate surface area is 134 Å². The molecule has 0 unspecified atom stereocenters. The standard InChI is InChI=1S/C19H18N2S/c1-2-13-21-18(17-11-7-4-8-12-17)15-22-19(21)20-14-16-9-5-3-6-10-16/h2-12,15H,1,13-14H2. The molecule has 110 valence electrons. The van der Waals surface area contributed by atoms with Crippen LogP contribution in [0.3, 0.4) is 0 Å². The van der Waals surface area contributed by atoms with E-state index >= 15 is 0 Å². The van der Waals surface area contributed by atoms with E-state index in [1.807, 2.05) is 30.3 Å². The zero-order valence-electron chi connectivity index (χ0n) is 12.4. The summed E-state index contributed by atoms with van der Waals surface area (Å²) in [6.07, 6.45) is 1.92. The molecule has 3 aromatic rings. The van der Waals surface area contributed by atoms with Crippen molar-refractivity contribution in [3.05, 3.63) is 89.1 Å². The third-order valence-electron chi connectivity index (χ3n) is 3.42. The summed E-state index contributed by atoms with van der Waals surface area (Å²) in [5.41, 5.74) is 3.63. The van der Waals surface area contributed by atoms with E-state index in [9.17, 15) is 0 Å².